The van der Waals surface area contributed by atoms with E-state index in [-0.39, 0.29) is 11.8 Å². The highest BCUT2D eigenvalue weighted by Gasteiger charge is 2.18. The van der Waals surface area contributed by atoms with Crippen molar-refractivity contribution in [3.63, 3.8) is 0 Å². The number of nitrogens with zero attached hydrogens (tertiary/aromatic N) is 4. The maximum atomic E-state index is 5.74. The molecule has 0 spiro atoms. The molecule has 0 N–H and O–H groups in total. The Kier molecular flexibility index (Phi) is 7.12. The van der Waals surface area contributed by atoms with Crippen molar-refractivity contribution < 1.29 is 18.3 Å². The molecule has 0 fully saturated rings. The largest absolute Gasteiger partial charge is 0.494 e. The van der Waals surface area contributed by atoms with Gasteiger partial charge in [0.15, 0.2) is 0 Å². The van der Waals surface area contributed by atoms with Crippen molar-refractivity contribution in [3.8, 4) is 46.2 Å². The number of aromatic nitrogens is 4. The summed E-state index contributed by atoms with van der Waals surface area (Å²) in [4.78, 5) is 0. The summed E-state index contributed by atoms with van der Waals surface area (Å²) in [6, 6.07) is 15.0. The highest BCUT2D eigenvalue weighted by Crippen LogP contribution is 2.28. The van der Waals surface area contributed by atoms with Crippen molar-refractivity contribution >= 4 is 0 Å². The summed E-state index contributed by atoms with van der Waals surface area (Å²) in [5.74, 6) is 2.69. The molecule has 2 aromatic carbocycles. The number of hydrogen-bond donors (Lipinski definition) is 0. The SMILES string of the molecule is CCCCOc1ccc(-c2nnc(-c3nnc(-c4ccc(OCCCC)cc4)o3)o2)cc1. The first-order chi connectivity index (χ1) is 15.8. The molecular formula is C24H26N4O4. The van der Waals surface area contributed by atoms with Gasteiger partial charge in [0.1, 0.15) is 11.5 Å². The van der Waals surface area contributed by atoms with Gasteiger partial charge in [-0.05, 0) is 61.4 Å². The molecule has 4 rings (SSSR count). The Labute approximate surface area is 186 Å². The fraction of sp³-hybridized carbons (Fsp3) is 0.333. The summed E-state index contributed by atoms with van der Waals surface area (Å²) in [7, 11) is 0. The highest BCUT2D eigenvalue weighted by molar-refractivity contribution is 5.57. The predicted molar refractivity (Wildman–Crippen MR) is 119 cm³/mol. The van der Waals surface area contributed by atoms with E-state index in [1.807, 2.05) is 48.5 Å². The van der Waals surface area contributed by atoms with E-state index in [1.54, 1.807) is 0 Å². The van der Waals surface area contributed by atoms with Crippen LogP contribution < -0.4 is 9.47 Å². The van der Waals surface area contributed by atoms with Crippen LogP contribution in [0, 0.1) is 0 Å². The predicted octanol–water partition coefficient (Wildman–Crippen LogP) is 5.81. The van der Waals surface area contributed by atoms with Gasteiger partial charge in [0, 0.05) is 11.1 Å². The van der Waals surface area contributed by atoms with Crippen LogP contribution in [-0.2, 0) is 0 Å². The van der Waals surface area contributed by atoms with Gasteiger partial charge in [0.25, 0.3) is 0 Å². The molecule has 0 saturated heterocycles. The van der Waals surface area contributed by atoms with Gasteiger partial charge in [0.2, 0.25) is 11.8 Å². The lowest BCUT2D eigenvalue weighted by Crippen LogP contribution is -1.95. The third-order valence-electron chi connectivity index (χ3n) is 4.77. The summed E-state index contributed by atoms with van der Waals surface area (Å²) in [5, 5.41) is 16.3. The average molecular weight is 434 g/mol. The summed E-state index contributed by atoms with van der Waals surface area (Å²) in [6.07, 6.45) is 4.24. The van der Waals surface area contributed by atoms with Crippen molar-refractivity contribution in [2.24, 2.45) is 0 Å². The number of rotatable bonds is 11. The first-order valence-corrected chi connectivity index (χ1v) is 10.9. The Balaban J connectivity index is 1.42. The molecule has 8 nitrogen and oxygen atoms in total. The number of hydrogen-bond acceptors (Lipinski definition) is 8. The van der Waals surface area contributed by atoms with Crippen molar-refractivity contribution in [1.29, 1.82) is 0 Å². The Hall–Kier alpha value is -3.68. The van der Waals surface area contributed by atoms with Crippen molar-refractivity contribution in [3.05, 3.63) is 48.5 Å². The summed E-state index contributed by atoms with van der Waals surface area (Å²) >= 11 is 0. The molecule has 8 heteroatoms. The van der Waals surface area contributed by atoms with Gasteiger partial charge >= 0.3 is 11.8 Å². The minimum atomic E-state index is 0.168. The van der Waals surface area contributed by atoms with E-state index in [4.69, 9.17) is 18.3 Å². The lowest BCUT2D eigenvalue weighted by Gasteiger charge is -2.05. The van der Waals surface area contributed by atoms with E-state index >= 15 is 0 Å². The highest BCUT2D eigenvalue weighted by atomic mass is 16.5. The van der Waals surface area contributed by atoms with Crippen LogP contribution >= 0.6 is 0 Å². The van der Waals surface area contributed by atoms with Crippen molar-refractivity contribution in [1.82, 2.24) is 20.4 Å². The summed E-state index contributed by atoms with van der Waals surface area (Å²) < 4.78 is 22.8. The van der Waals surface area contributed by atoms with Gasteiger partial charge < -0.3 is 18.3 Å². The van der Waals surface area contributed by atoms with Crippen LogP contribution in [-0.4, -0.2) is 33.6 Å². The molecule has 0 aliphatic heterocycles. The Bertz CT molecular complexity index is 1010. The third-order valence-corrected chi connectivity index (χ3v) is 4.77. The third kappa shape index (κ3) is 5.32. The molecule has 32 heavy (non-hydrogen) atoms. The maximum Gasteiger partial charge on any atom is 0.306 e. The molecule has 0 radical (unpaired) electrons. The van der Waals surface area contributed by atoms with Crippen molar-refractivity contribution in [2.75, 3.05) is 13.2 Å². The fourth-order valence-corrected chi connectivity index (χ4v) is 2.91. The van der Waals surface area contributed by atoms with Crippen LogP contribution in [0.4, 0.5) is 0 Å². The first-order valence-electron chi connectivity index (χ1n) is 10.9. The molecule has 0 unspecified atom stereocenters. The van der Waals surface area contributed by atoms with E-state index in [2.05, 4.69) is 34.2 Å². The lowest BCUT2D eigenvalue weighted by molar-refractivity contribution is 0.309. The van der Waals surface area contributed by atoms with Crippen LogP contribution in [0.25, 0.3) is 34.7 Å². The van der Waals surface area contributed by atoms with Gasteiger partial charge in [-0.15, -0.1) is 20.4 Å². The maximum absolute atomic E-state index is 5.74. The summed E-state index contributed by atoms with van der Waals surface area (Å²) in [6.45, 7) is 5.67. The quantitative estimate of drug-likeness (QED) is 0.273. The van der Waals surface area contributed by atoms with Crippen LogP contribution in [0.3, 0.4) is 0 Å². The van der Waals surface area contributed by atoms with Gasteiger partial charge in [0.05, 0.1) is 13.2 Å². The second-order valence-corrected chi connectivity index (χ2v) is 7.28. The number of unbranched alkanes of at least 4 members (excludes halogenated alkanes) is 2. The standard InChI is InChI=1S/C24H26N4O4/c1-3-5-15-29-19-11-7-17(8-12-19)21-25-27-23(31-21)24-28-26-22(32-24)18-9-13-20(14-10-18)30-16-6-4-2/h7-14H,3-6,15-16H2,1-2H3. The normalized spacial score (nSPS) is 10.9. The molecule has 0 saturated carbocycles. The Morgan fingerprint density at radius 3 is 1.31 bits per heavy atom. The lowest BCUT2D eigenvalue weighted by atomic mass is 10.2. The van der Waals surface area contributed by atoms with Crippen LogP contribution in [0.1, 0.15) is 39.5 Å². The average Bonchev–Trinajstić information content (AvgIpc) is 3.51. The second kappa shape index (κ2) is 10.6. The molecule has 0 aliphatic carbocycles. The number of ether oxygens (including phenoxy) is 2. The topological polar surface area (TPSA) is 96.3 Å². The molecule has 0 amide bonds. The Morgan fingerprint density at radius 1 is 0.562 bits per heavy atom. The smallest absolute Gasteiger partial charge is 0.306 e. The minimum absolute atomic E-state index is 0.168. The Morgan fingerprint density at radius 2 is 0.938 bits per heavy atom. The second-order valence-electron chi connectivity index (χ2n) is 7.28. The molecule has 2 aromatic heterocycles. The minimum Gasteiger partial charge on any atom is -0.494 e. The molecule has 4 aromatic rings. The van der Waals surface area contributed by atoms with Gasteiger partial charge in [-0.1, -0.05) is 26.7 Å². The molecule has 166 valence electrons. The first kappa shape index (κ1) is 21.5. The number of benzene rings is 2. The zero-order valence-electron chi connectivity index (χ0n) is 18.3. The molecule has 0 aliphatic rings. The van der Waals surface area contributed by atoms with E-state index < -0.39 is 0 Å². The van der Waals surface area contributed by atoms with E-state index in [1.165, 1.54) is 0 Å². The van der Waals surface area contributed by atoms with E-state index in [0.29, 0.717) is 25.0 Å². The van der Waals surface area contributed by atoms with Crippen LogP contribution in [0.15, 0.2) is 57.4 Å². The van der Waals surface area contributed by atoms with Gasteiger partial charge in [-0.25, -0.2) is 0 Å². The zero-order chi connectivity index (χ0) is 22.2. The van der Waals surface area contributed by atoms with Crippen LogP contribution in [0.2, 0.25) is 0 Å². The van der Waals surface area contributed by atoms with Gasteiger partial charge in [-0.2, -0.15) is 0 Å². The molecule has 2 heterocycles. The molecular weight excluding hydrogens is 408 g/mol. The van der Waals surface area contributed by atoms with Crippen LogP contribution in [0.5, 0.6) is 11.5 Å². The zero-order valence-corrected chi connectivity index (χ0v) is 18.3. The molecule has 0 atom stereocenters. The van der Waals surface area contributed by atoms with Gasteiger partial charge in [-0.3, -0.25) is 0 Å². The fourth-order valence-electron chi connectivity index (χ4n) is 2.91. The monoisotopic (exact) mass is 434 g/mol. The summed E-state index contributed by atoms with van der Waals surface area (Å²) in [5.41, 5.74) is 1.56. The van der Waals surface area contributed by atoms with E-state index in [0.717, 1.165) is 48.3 Å². The molecule has 0 bridgehead atoms. The van der Waals surface area contributed by atoms with E-state index in [9.17, 15) is 0 Å². The van der Waals surface area contributed by atoms with Crippen molar-refractivity contribution in [2.45, 2.75) is 39.5 Å².